The lowest BCUT2D eigenvalue weighted by atomic mass is 9.82. The van der Waals surface area contributed by atoms with E-state index >= 15 is 0 Å². The van der Waals surface area contributed by atoms with Crippen molar-refractivity contribution in [3.8, 4) is 44.5 Å². The molecule has 0 N–H and O–H groups in total. The molecule has 5 aromatic carbocycles. The number of anilines is 2. The van der Waals surface area contributed by atoms with Crippen LogP contribution in [-0.4, -0.2) is 24.9 Å². The number of hydrogen-bond donors (Lipinski definition) is 0. The van der Waals surface area contributed by atoms with Gasteiger partial charge in [-0.05, 0) is 82.6 Å². The Balaban J connectivity index is 1.71. The van der Waals surface area contributed by atoms with E-state index in [-0.39, 0.29) is 82.5 Å². The Morgan fingerprint density at radius 3 is 1.12 bits per heavy atom. The molecule has 0 radical (unpaired) electrons. The zero-order valence-electron chi connectivity index (χ0n) is 28.5. The van der Waals surface area contributed by atoms with Crippen LogP contribution < -0.4 is 9.80 Å². The largest absolute Gasteiger partial charge is 0.417 e. The first kappa shape index (κ1) is 30.7. The molecule has 0 saturated carbocycles. The van der Waals surface area contributed by atoms with Crippen LogP contribution in [0.15, 0.2) is 109 Å². The Morgan fingerprint density at radius 2 is 0.780 bits per heavy atom. The molecular weight excluding hydrogens is 654 g/mol. The number of rotatable bonds is 6. The average molecular weight is 687 g/mol. The maximum atomic E-state index is 14.8. The average Bonchev–Trinajstić information content (AvgIpc) is 3.75. The lowest BCUT2D eigenvalue weighted by Crippen LogP contribution is -2.24. The molecule has 10 heteroatoms. The molecule has 0 aromatic heterocycles. The van der Waals surface area contributed by atoms with Gasteiger partial charge in [-0.1, -0.05) is 72.8 Å². The fourth-order valence-electron chi connectivity index (χ4n) is 6.85. The van der Waals surface area contributed by atoms with Gasteiger partial charge >= 0.3 is 12.4 Å². The van der Waals surface area contributed by atoms with Crippen molar-refractivity contribution in [2.75, 3.05) is 22.9 Å². The second-order valence-electron chi connectivity index (χ2n) is 12.2. The van der Waals surface area contributed by atoms with Crippen molar-refractivity contribution in [2.24, 2.45) is 0 Å². The third kappa shape index (κ3) is 6.03. The molecule has 0 aliphatic carbocycles. The Labute approximate surface area is 287 Å². The maximum absolute atomic E-state index is 14.8. The molecular formula is C40H30F6N2O2. The minimum atomic E-state index is -4.92. The normalized spacial score (nSPS) is 15.9. The van der Waals surface area contributed by atoms with Crippen LogP contribution in [0.25, 0.3) is 44.5 Å². The molecule has 254 valence electrons. The van der Waals surface area contributed by atoms with Gasteiger partial charge in [0.05, 0.1) is 25.2 Å². The predicted molar refractivity (Wildman–Crippen MR) is 181 cm³/mol. The van der Waals surface area contributed by atoms with Gasteiger partial charge in [-0.25, -0.2) is 0 Å². The molecule has 5 aromatic rings. The first-order valence-corrected chi connectivity index (χ1v) is 16.1. The Bertz CT molecular complexity index is 2080. The monoisotopic (exact) mass is 686 g/mol. The van der Waals surface area contributed by atoms with Crippen molar-refractivity contribution in [1.29, 1.82) is 0 Å². The molecule has 2 fully saturated rings. The summed E-state index contributed by atoms with van der Waals surface area (Å²) >= 11 is 0. The van der Waals surface area contributed by atoms with Gasteiger partial charge in [-0.3, -0.25) is 9.59 Å². The molecule has 2 aliphatic rings. The summed E-state index contributed by atoms with van der Waals surface area (Å²) in [6.45, 7) is 0.564. The van der Waals surface area contributed by atoms with Gasteiger partial charge in [0.2, 0.25) is 11.8 Å². The number of benzene rings is 5. The number of carbonyl (C=O) groups excluding carboxylic acids is 2. The molecule has 2 aliphatic heterocycles. The van der Waals surface area contributed by atoms with E-state index in [1.807, 2.05) is 0 Å². The lowest BCUT2D eigenvalue weighted by Gasteiger charge is -2.26. The van der Waals surface area contributed by atoms with Crippen LogP contribution in [-0.2, 0) is 21.9 Å². The van der Waals surface area contributed by atoms with E-state index in [1.165, 1.54) is 58.3 Å². The number of amides is 2. The highest BCUT2D eigenvalue weighted by atomic mass is 19.4. The fraction of sp³-hybridized carbons (Fsp3) is 0.200. The highest BCUT2D eigenvalue weighted by Gasteiger charge is 2.37. The summed E-state index contributed by atoms with van der Waals surface area (Å²) in [5, 5.41) is 0. The molecule has 2 amide bonds. The van der Waals surface area contributed by atoms with Gasteiger partial charge in [-0.2, -0.15) is 26.3 Å². The fourth-order valence-corrected chi connectivity index (χ4v) is 6.85. The minimum Gasteiger partial charge on any atom is -0.312 e. The van der Waals surface area contributed by atoms with E-state index in [0.717, 1.165) is 12.1 Å². The maximum Gasteiger partial charge on any atom is 0.417 e. The number of hydrogen-bond acceptors (Lipinski definition) is 2. The summed E-state index contributed by atoms with van der Waals surface area (Å²) in [4.78, 5) is 29.0. The summed E-state index contributed by atoms with van der Waals surface area (Å²) in [6, 6.07) is 20.5. The van der Waals surface area contributed by atoms with E-state index in [2.05, 4.69) is 0 Å². The topological polar surface area (TPSA) is 40.6 Å². The number of alkyl halides is 6. The second-order valence-corrected chi connectivity index (χ2v) is 12.2. The summed E-state index contributed by atoms with van der Waals surface area (Å²) < 4.78 is 109. The van der Waals surface area contributed by atoms with E-state index in [1.54, 1.807) is 36.4 Å². The smallest absolute Gasteiger partial charge is 0.312 e. The first-order valence-electron chi connectivity index (χ1n) is 17.1. The summed E-state index contributed by atoms with van der Waals surface area (Å²) in [7, 11) is 0. The molecule has 0 atom stereocenters. The van der Waals surface area contributed by atoms with Crippen molar-refractivity contribution in [3.05, 3.63) is 120 Å². The van der Waals surface area contributed by atoms with Gasteiger partial charge in [0, 0.05) is 37.1 Å². The van der Waals surface area contributed by atoms with Gasteiger partial charge in [0.25, 0.3) is 0 Å². The first-order chi connectivity index (χ1) is 24.8. The number of carbonyl (C=O) groups is 2. The highest BCUT2D eigenvalue weighted by molar-refractivity contribution is 6.06. The second kappa shape index (κ2) is 12.8. The van der Waals surface area contributed by atoms with E-state index in [9.17, 15) is 38.7 Å². The SMILES string of the molecule is [2H]c1c(-c2ccccc2N2CCCC2=O)c(-c2ccccc2C(F)(F)F)c([2H])c(-c2ccccc2N2CCCC2=O)c1-c1ccccc1C(F)(F)F. The Kier molecular flexibility index (Phi) is 7.86. The van der Waals surface area contributed by atoms with Crippen molar-refractivity contribution in [3.63, 3.8) is 0 Å². The lowest BCUT2D eigenvalue weighted by molar-refractivity contribution is -0.137. The molecule has 0 unspecified atom stereocenters. The third-order valence-electron chi connectivity index (χ3n) is 9.08. The molecule has 7 rings (SSSR count). The van der Waals surface area contributed by atoms with Crippen LogP contribution in [0.2, 0.25) is 0 Å². The van der Waals surface area contributed by atoms with Crippen molar-refractivity contribution in [1.82, 2.24) is 0 Å². The molecule has 0 bridgehead atoms. The van der Waals surface area contributed by atoms with Gasteiger partial charge < -0.3 is 9.80 Å². The van der Waals surface area contributed by atoms with Crippen molar-refractivity contribution >= 4 is 23.2 Å². The number of para-hydroxylation sites is 2. The van der Waals surface area contributed by atoms with E-state index in [4.69, 9.17) is 0 Å². The van der Waals surface area contributed by atoms with Crippen LogP contribution in [0.4, 0.5) is 37.7 Å². The summed E-state index contributed by atoms with van der Waals surface area (Å²) in [5.74, 6) is -0.517. The van der Waals surface area contributed by atoms with Crippen LogP contribution in [0.3, 0.4) is 0 Å². The van der Waals surface area contributed by atoms with Crippen LogP contribution in [0.1, 0.15) is 39.6 Å². The molecule has 2 heterocycles. The Morgan fingerprint density at radius 1 is 0.460 bits per heavy atom. The van der Waals surface area contributed by atoms with E-state index < -0.39 is 46.7 Å². The van der Waals surface area contributed by atoms with Crippen LogP contribution in [0, 0.1) is 0 Å². The zero-order chi connectivity index (χ0) is 36.9. The third-order valence-corrected chi connectivity index (χ3v) is 9.08. The van der Waals surface area contributed by atoms with Crippen molar-refractivity contribution in [2.45, 2.75) is 38.0 Å². The molecule has 2 saturated heterocycles. The summed E-state index contributed by atoms with van der Waals surface area (Å²) in [6.07, 6.45) is -8.41. The summed E-state index contributed by atoms with van der Waals surface area (Å²) in [5.41, 5.74) is -3.56. The van der Waals surface area contributed by atoms with E-state index in [0.29, 0.717) is 12.8 Å². The number of nitrogens with zero attached hydrogens (tertiary/aromatic N) is 2. The van der Waals surface area contributed by atoms with Crippen LogP contribution in [0.5, 0.6) is 0 Å². The quantitative estimate of drug-likeness (QED) is 0.167. The van der Waals surface area contributed by atoms with Crippen LogP contribution >= 0.6 is 0 Å². The number of halogens is 6. The van der Waals surface area contributed by atoms with Gasteiger partial charge in [-0.15, -0.1) is 0 Å². The zero-order valence-corrected chi connectivity index (χ0v) is 26.5. The van der Waals surface area contributed by atoms with Crippen molar-refractivity contribution < 1.29 is 38.7 Å². The van der Waals surface area contributed by atoms with Gasteiger partial charge in [0.1, 0.15) is 0 Å². The molecule has 0 spiro atoms. The predicted octanol–water partition coefficient (Wildman–Crippen LogP) is 10.6. The molecule has 50 heavy (non-hydrogen) atoms. The Hall–Kier alpha value is -5.38. The molecule has 4 nitrogen and oxygen atoms in total. The highest BCUT2D eigenvalue weighted by Crippen LogP contribution is 2.50. The minimum absolute atomic E-state index is 0.114. The standard InChI is InChI=1S/C40H30F6N2O2/c41-39(42,43)33-15-5-1-11-25(33)29-23-32(28-14-4-8-18-36(28)48-22-10-20-38(48)50)30(26-12-2-6-16-34(26)40(44,45)46)24-31(29)27-13-3-7-17-35(27)47-21-9-19-37(47)49/h1-8,11-18,23-24H,9-10,19-22H2/i23D,24D. The van der Waals surface area contributed by atoms with Gasteiger partial charge in [0.15, 0.2) is 0 Å².